The smallest absolute Gasteiger partial charge is 0.272 e. The Kier molecular flexibility index (Phi) is 5.41. The second-order valence-corrected chi connectivity index (χ2v) is 5.65. The van der Waals surface area contributed by atoms with Crippen molar-refractivity contribution in [3.63, 3.8) is 0 Å². The van der Waals surface area contributed by atoms with Gasteiger partial charge in [-0.3, -0.25) is 4.79 Å². The molecule has 0 bridgehead atoms. The van der Waals surface area contributed by atoms with Gasteiger partial charge in [0, 0.05) is 24.8 Å². The summed E-state index contributed by atoms with van der Waals surface area (Å²) < 4.78 is 0. The third kappa shape index (κ3) is 4.23. The summed E-state index contributed by atoms with van der Waals surface area (Å²) in [4.78, 5) is 14.0. The molecule has 0 saturated carbocycles. The Morgan fingerprint density at radius 1 is 1.14 bits per heavy atom. The third-order valence-electron chi connectivity index (χ3n) is 2.96. The molecule has 0 heterocycles. The first-order chi connectivity index (χ1) is 10.5. The van der Waals surface area contributed by atoms with E-state index >= 15 is 0 Å². The highest BCUT2D eigenvalue weighted by Crippen LogP contribution is 2.20. The van der Waals surface area contributed by atoms with Gasteiger partial charge in [-0.2, -0.15) is 5.10 Å². The van der Waals surface area contributed by atoms with Crippen LogP contribution in [0.3, 0.4) is 0 Å². The normalized spacial score (nSPS) is 10.7. The van der Waals surface area contributed by atoms with Gasteiger partial charge in [0.25, 0.3) is 5.91 Å². The number of carbonyl (C=O) groups is 1. The molecule has 0 radical (unpaired) electrons. The fourth-order valence-electron chi connectivity index (χ4n) is 1.76. The Bertz CT molecular complexity index is 697. The number of hydrogen-bond acceptors (Lipinski definition) is 3. The fraction of sp³-hybridized carbons (Fsp3) is 0.125. The Hall–Kier alpha value is -2.04. The molecule has 0 atom stereocenters. The summed E-state index contributed by atoms with van der Waals surface area (Å²) in [5.74, 6) is -0.386. The van der Waals surface area contributed by atoms with E-state index in [1.807, 2.05) is 43.3 Å². The largest absolute Gasteiger partial charge is 0.378 e. The molecular formula is C16H15Cl2N3O. The third-order valence-corrected chi connectivity index (χ3v) is 3.51. The SMILES string of the molecule is CN(C)c1ccc(/C=N/NC(=O)c2ccc(Cl)cc2Cl)cc1. The lowest BCUT2D eigenvalue weighted by molar-refractivity contribution is 0.0955. The van der Waals surface area contributed by atoms with Crippen LogP contribution in [0.4, 0.5) is 5.69 Å². The highest BCUT2D eigenvalue weighted by atomic mass is 35.5. The van der Waals surface area contributed by atoms with Crippen molar-refractivity contribution in [2.24, 2.45) is 5.10 Å². The Morgan fingerprint density at radius 2 is 1.82 bits per heavy atom. The summed E-state index contributed by atoms with van der Waals surface area (Å²) in [5, 5.41) is 4.69. The second kappa shape index (κ2) is 7.29. The average Bonchev–Trinajstić information content (AvgIpc) is 2.47. The molecule has 4 nitrogen and oxygen atoms in total. The Balaban J connectivity index is 2.01. The van der Waals surface area contributed by atoms with Crippen LogP contribution in [0.5, 0.6) is 0 Å². The van der Waals surface area contributed by atoms with Gasteiger partial charge in [0.1, 0.15) is 0 Å². The number of hydrogen-bond donors (Lipinski definition) is 1. The first-order valence-corrected chi connectivity index (χ1v) is 7.29. The molecule has 0 saturated heterocycles. The minimum Gasteiger partial charge on any atom is -0.378 e. The fourth-order valence-corrected chi connectivity index (χ4v) is 2.25. The van der Waals surface area contributed by atoms with Gasteiger partial charge in [0.05, 0.1) is 16.8 Å². The van der Waals surface area contributed by atoms with Crippen LogP contribution in [0.1, 0.15) is 15.9 Å². The Labute approximate surface area is 139 Å². The van der Waals surface area contributed by atoms with E-state index in [0.717, 1.165) is 11.3 Å². The predicted molar refractivity (Wildman–Crippen MR) is 92.3 cm³/mol. The zero-order valence-electron chi connectivity index (χ0n) is 12.2. The molecule has 2 aromatic rings. The van der Waals surface area contributed by atoms with Gasteiger partial charge >= 0.3 is 0 Å². The topological polar surface area (TPSA) is 44.7 Å². The number of carbonyl (C=O) groups excluding carboxylic acids is 1. The van der Waals surface area contributed by atoms with E-state index in [1.165, 1.54) is 6.07 Å². The molecule has 0 unspecified atom stereocenters. The first kappa shape index (κ1) is 16.3. The molecule has 0 spiro atoms. The van der Waals surface area contributed by atoms with Gasteiger partial charge in [-0.1, -0.05) is 35.3 Å². The van der Waals surface area contributed by atoms with Crippen LogP contribution in [0.15, 0.2) is 47.6 Å². The number of anilines is 1. The summed E-state index contributed by atoms with van der Waals surface area (Å²) in [5.41, 5.74) is 4.74. The maximum absolute atomic E-state index is 12.0. The van der Waals surface area contributed by atoms with Crippen LogP contribution in [0.2, 0.25) is 10.0 Å². The van der Waals surface area contributed by atoms with E-state index in [0.29, 0.717) is 10.6 Å². The van der Waals surface area contributed by atoms with Gasteiger partial charge in [0.2, 0.25) is 0 Å². The molecule has 114 valence electrons. The zero-order chi connectivity index (χ0) is 16.1. The van der Waals surface area contributed by atoms with Crippen LogP contribution in [0.25, 0.3) is 0 Å². The van der Waals surface area contributed by atoms with E-state index in [4.69, 9.17) is 23.2 Å². The molecule has 0 aromatic heterocycles. The second-order valence-electron chi connectivity index (χ2n) is 4.81. The number of nitrogens with zero attached hydrogens (tertiary/aromatic N) is 2. The molecule has 1 amide bonds. The monoisotopic (exact) mass is 335 g/mol. The lowest BCUT2D eigenvalue weighted by Crippen LogP contribution is -2.18. The number of nitrogens with one attached hydrogen (secondary N) is 1. The van der Waals surface area contributed by atoms with Crippen molar-refractivity contribution >= 4 is 41.0 Å². The van der Waals surface area contributed by atoms with Crippen molar-refractivity contribution in [3.8, 4) is 0 Å². The van der Waals surface area contributed by atoms with Gasteiger partial charge in [-0.25, -0.2) is 5.43 Å². The van der Waals surface area contributed by atoms with E-state index < -0.39 is 0 Å². The quantitative estimate of drug-likeness (QED) is 0.681. The van der Waals surface area contributed by atoms with Crippen molar-refractivity contribution in [1.82, 2.24) is 5.43 Å². The molecule has 0 aliphatic carbocycles. The van der Waals surface area contributed by atoms with Crippen molar-refractivity contribution < 1.29 is 4.79 Å². The number of rotatable bonds is 4. The molecule has 1 N–H and O–H groups in total. The van der Waals surface area contributed by atoms with Gasteiger partial charge in [0.15, 0.2) is 0 Å². The molecule has 2 aromatic carbocycles. The zero-order valence-corrected chi connectivity index (χ0v) is 13.7. The minimum absolute atomic E-state index is 0.288. The number of benzene rings is 2. The maximum Gasteiger partial charge on any atom is 0.272 e. The highest BCUT2D eigenvalue weighted by molar-refractivity contribution is 6.36. The van der Waals surface area contributed by atoms with E-state index in [-0.39, 0.29) is 10.9 Å². The van der Waals surface area contributed by atoms with Crippen LogP contribution >= 0.6 is 23.2 Å². The first-order valence-electron chi connectivity index (χ1n) is 6.53. The predicted octanol–water partition coefficient (Wildman–Crippen LogP) is 3.82. The Morgan fingerprint density at radius 3 is 2.41 bits per heavy atom. The standard InChI is InChI=1S/C16H15Cl2N3O/c1-21(2)13-6-3-11(4-7-13)10-19-20-16(22)14-8-5-12(17)9-15(14)18/h3-10H,1-2H3,(H,20,22)/b19-10+. The maximum atomic E-state index is 12.0. The van der Waals surface area contributed by atoms with Crippen LogP contribution in [0, 0.1) is 0 Å². The summed E-state index contributed by atoms with van der Waals surface area (Å²) in [6.07, 6.45) is 1.57. The van der Waals surface area contributed by atoms with Gasteiger partial charge in [-0.15, -0.1) is 0 Å². The van der Waals surface area contributed by atoms with Crippen molar-refractivity contribution in [1.29, 1.82) is 0 Å². The summed E-state index contributed by atoms with van der Waals surface area (Å²) >= 11 is 11.8. The molecule has 0 aliphatic rings. The van der Waals surface area contributed by atoms with Crippen LogP contribution < -0.4 is 10.3 Å². The molecular weight excluding hydrogens is 321 g/mol. The van der Waals surface area contributed by atoms with E-state index in [2.05, 4.69) is 10.5 Å². The molecule has 0 fully saturated rings. The van der Waals surface area contributed by atoms with Crippen molar-refractivity contribution in [3.05, 3.63) is 63.6 Å². The van der Waals surface area contributed by atoms with Gasteiger partial charge < -0.3 is 4.90 Å². The van der Waals surface area contributed by atoms with E-state index in [1.54, 1.807) is 18.3 Å². The van der Waals surface area contributed by atoms with Crippen LogP contribution in [-0.2, 0) is 0 Å². The molecule has 6 heteroatoms. The number of hydrazone groups is 1. The van der Waals surface area contributed by atoms with Crippen molar-refractivity contribution in [2.45, 2.75) is 0 Å². The molecule has 2 rings (SSSR count). The van der Waals surface area contributed by atoms with Crippen LogP contribution in [-0.4, -0.2) is 26.2 Å². The lowest BCUT2D eigenvalue weighted by Gasteiger charge is -2.11. The molecule has 22 heavy (non-hydrogen) atoms. The number of amides is 1. The summed E-state index contributed by atoms with van der Waals surface area (Å²) in [7, 11) is 3.94. The van der Waals surface area contributed by atoms with E-state index in [9.17, 15) is 4.79 Å². The van der Waals surface area contributed by atoms with Gasteiger partial charge in [-0.05, 0) is 35.9 Å². The summed E-state index contributed by atoms with van der Waals surface area (Å²) in [6, 6.07) is 12.5. The highest BCUT2D eigenvalue weighted by Gasteiger charge is 2.09. The van der Waals surface area contributed by atoms with Crippen molar-refractivity contribution in [2.75, 3.05) is 19.0 Å². The number of halogens is 2. The molecule has 0 aliphatic heterocycles. The summed E-state index contributed by atoms with van der Waals surface area (Å²) in [6.45, 7) is 0. The lowest BCUT2D eigenvalue weighted by atomic mass is 10.2. The minimum atomic E-state index is -0.386. The average molecular weight is 336 g/mol.